The van der Waals surface area contributed by atoms with E-state index >= 15 is 0 Å². The minimum absolute atomic E-state index is 0.0555. The Labute approximate surface area is 206 Å². The first-order valence-corrected chi connectivity index (χ1v) is 12.5. The number of azo groups is 1. The Morgan fingerprint density at radius 3 is 2.63 bits per heavy atom. The lowest BCUT2D eigenvalue weighted by Gasteiger charge is -2.16. The standard InChI is InChI=1S/C26H26N4O4S/c1-14-11-19(21-9-10-22(35-21)26(33)34)24(31)20(12-14)27-28-23-15(2)29-30(25(23)32)18-8-7-16-5-3-4-6-17(16)13-18/h7-8,10-13,21,29,31H,3-6,9H2,1-2H3,(H,33,34). The molecule has 1 unspecified atom stereocenters. The van der Waals surface area contributed by atoms with Gasteiger partial charge in [0.25, 0.3) is 5.56 Å². The molecular formula is C26H26N4O4S. The number of nitrogens with zero attached hydrogens (tertiary/aromatic N) is 3. The van der Waals surface area contributed by atoms with Gasteiger partial charge in [-0.3, -0.25) is 9.89 Å². The number of aromatic nitrogens is 2. The molecule has 0 saturated carbocycles. The summed E-state index contributed by atoms with van der Waals surface area (Å²) in [6.45, 7) is 3.64. The summed E-state index contributed by atoms with van der Waals surface area (Å²) < 4.78 is 1.48. The number of aromatic amines is 1. The zero-order valence-electron chi connectivity index (χ0n) is 19.5. The molecule has 1 aliphatic heterocycles. The Kier molecular flexibility index (Phi) is 6.10. The summed E-state index contributed by atoms with van der Waals surface area (Å²) in [5.41, 5.74) is 5.52. The number of nitrogens with one attached hydrogen (secondary N) is 1. The van der Waals surface area contributed by atoms with E-state index in [1.54, 1.807) is 19.1 Å². The number of aryl methyl sites for hydroxylation is 4. The molecule has 180 valence electrons. The number of aliphatic carboxylic acids is 1. The zero-order chi connectivity index (χ0) is 24.7. The largest absolute Gasteiger partial charge is 0.505 e. The van der Waals surface area contributed by atoms with Crippen molar-refractivity contribution in [3.63, 3.8) is 0 Å². The molecule has 9 heteroatoms. The Balaban J connectivity index is 1.45. The Hall–Kier alpha value is -3.59. The number of phenolic OH excluding ortho intramolecular Hbond substituents is 1. The molecule has 5 rings (SSSR count). The molecule has 1 atom stereocenters. The van der Waals surface area contributed by atoms with Crippen LogP contribution in [0.4, 0.5) is 11.4 Å². The van der Waals surface area contributed by atoms with Gasteiger partial charge in [-0.1, -0.05) is 18.2 Å². The normalized spacial score (nSPS) is 17.5. The SMILES string of the molecule is Cc1cc(N=Nc2c(C)[nH]n(-c3ccc4c(c3)CCCC4)c2=O)c(O)c(C2CC=C(C(=O)O)S2)c1. The van der Waals surface area contributed by atoms with E-state index in [-0.39, 0.29) is 32.8 Å². The molecule has 3 aromatic rings. The van der Waals surface area contributed by atoms with Gasteiger partial charge in [-0.2, -0.15) is 0 Å². The topological polar surface area (TPSA) is 120 Å². The lowest BCUT2D eigenvalue weighted by Crippen LogP contribution is -2.15. The fraction of sp³-hybridized carbons (Fsp3) is 0.308. The lowest BCUT2D eigenvalue weighted by molar-refractivity contribution is -0.131. The smallest absolute Gasteiger partial charge is 0.341 e. The van der Waals surface area contributed by atoms with Crippen molar-refractivity contribution in [2.75, 3.05) is 0 Å². The van der Waals surface area contributed by atoms with Gasteiger partial charge in [0.05, 0.1) is 16.3 Å². The van der Waals surface area contributed by atoms with Crippen molar-refractivity contribution in [2.45, 2.75) is 51.2 Å². The van der Waals surface area contributed by atoms with Crippen LogP contribution in [-0.4, -0.2) is 26.0 Å². The maximum absolute atomic E-state index is 13.2. The number of allylic oxidation sites excluding steroid dienone is 1. The van der Waals surface area contributed by atoms with Crippen LogP contribution in [0.1, 0.15) is 52.5 Å². The molecule has 0 bridgehead atoms. The average Bonchev–Trinajstić information content (AvgIpc) is 3.44. The van der Waals surface area contributed by atoms with Crippen LogP contribution in [0.5, 0.6) is 5.75 Å². The number of phenols is 1. The number of carboxylic acids is 1. The van der Waals surface area contributed by atoms with Crippen LogP contribution >= 0.6 is 11.8 Å². The highest BCUT2D eigenvalue weighted by Gasteiger charge is 2.27. The molecule has 0 spiro atoms. The van der Waals surface area contributed by atoms with E-state index in [0.717, 1.165) is 30.5 Å². The quantitative estimate of drug-likeness (QED) is 0.383. The van der Waals surface area contributed by atoms with Gasteiger partial charge in [0.1, 0.15) is 11.4 Å². The molecule has 0 radical (unpaired) electrons. The van der Waals surface area contributed by atoms with Crippen molar-refractivity contribution in [1.29, 1.82) is 0 Å². The summed E-state index contributed by atoms with van der Waals surface area (Å²) in [7, 11) is 0. The molecule has 0 amide bonds. The van der Waals surface area contributed by atoms with E-state index < -0.39 is 5.97 Å². The number of H-pyrrole nitrogens is 1. The summed E-state index contributed by atoms with van der Waals surface area (Å²) in [5, 5.41) is 31.4. The summed E-state index contributed by atoms with van der Waals surface area (Å²) in [6, 6.07) is 9.61. The van der Waals surface area contributed by atoms with Gasteiger partial charge < -0.3 is 10.2 Å². The van der Waals surface area contributed by atoms with Crippen molar-refractivity contribution < 1.29 is 15.0 Å². The highest BCUT2D eigenvalue weighted by Crippen LogP contribution is 2.49. The number of fused-ring (bicyclic) bond motifs is 1. The minimum atomic E-state index is -0.970. The van der Waals surface area contributed by atoms with E-state index in [0.29, 0.717) is 17.7 Å². The third-order valence-electron chi connectivity index (χ3n) is 6.50. The number of carbonyl (C=O) groups is 1. The lowest BCUT2D eigenvalue weighted by atomic mass is 9.91. The van der Waals surface area contributed by atoms with Crippen molar-refractivity contribution in [3.8, 4) is 11.4 Å². The van der Waals surface area contributed by atoms with Crippen LogP contribution < -0.4 is 5.56 Å². The van der Waals surface area contributed by atoms with Crippen molar-refractivity contribution in [2.24, 2.45) is 10.2 Å². The van der Waals surface area contributed by atoms with Crippen LogP contribution in [0, 0.1) is 13.8 Å². The summed E-state index contributed by atoms with van der Waals surface area (Å²) in [4.78, 5) is 24.7. The van der Waals surface area contributed by atoms with Crippen molar-refractivity contribution >= 4 is 29.1 Å². The van der Waals surface area contributed by atoms with Gasteiger partial charge in [-0.05, 0) is 80.8 Å². The second kappa shape index (κ2) is 9.22. The predicted octanol–water partition coefficient (Wildman–Crippen LogP) is 5.93. The van der Waals surface area contributed by atoms with Gasteiger partial charge in [0.15, 0.2) is 5.69 Å². The molecule has 3 N–H and O–H groups in total. The highest BCUT2D eigenvalue weighted by atomic mass is 32.2. The van der Waals surface area contributed by atoms with Crippen LogP contribution in [0.2, 0.25) is 0 Å². The number of benzene rings is 2. The fourth-order valence-corrected chi connectivity index (χ4v) is 5.80. The first-order valence-electron chi connectivity index (χ1n) is 11.6. The Morgan fingerprint density at radius 1 is 1.11 bits per heavy atom. The zero-order valence-corrected chi connectivity index (χ0v) is 20.4. The fourth-order valence-electron chi connectivity index (χ4n) is 4.70. The third-order valence-corrected chi connectivity index (χ3v) is 7.82. The maximum atomic E-state index is 13.2. The number of carboxylic acid groups (broad SMARTS) is 1. The predicted molar refractivity (Wildman–Crippen MR) is 135 cm³/mol. The first-order chi connectivity index (χ1) is 16.8. The number of thioether (sulfide) groups is 1. The van der Waals surface area contributed by atoms with Crippen LogP contribution in [0.15, 0.2) is 56.3 Å². The molecular weight excluding hydrogens is 464 g/mol. The number of hydrogen-bond acceptors (Lipinski definition) is 6. The van der Waals surface area contributed by atoms with E-state index in [9.17, 15) is 19.8 Å². The van der Waals surface area contributed by atoms with Gasteiger partial charge >= 0.3 is 5.97 Å². The van der Waals surface area contributed by atoms with E-state index in [2.05, 4.69) is 27.5 Å². The molecule has 8 nitrogen and oxygen atoms in total. The minimum Gasteiger partial charge on any atom is -0.505 e. The van der Waals surface area contributed by atoms with Crippen molar-refractivity contribution in [3.05, 3.63) is 79.6 Å². The van der Waals surface area contributed by atoms with Gasteiger partial charge in [-0.25, -0.2) is 9.48 Å². The molecule has 0 saturated heterocycles. The molecule has 2 aliphatic rings. The molecule has 35 heavy (non-hydrogen) atoms. The second-order valence-corrected chi connectivity index (χ2v) is 10.3. The van der Waals surface area contributed by atoms with Gasteiger partial charge in [-0.15, -0.1) is 22.0 Å². The third kappa shape index (κ3) is 4.43. The summed E-state index contributed by atoms with van der Waals surface area (Å²) >= 11 is 1.20. The maximum Gasteiger partial charge on any atom is 0.341 e. The second-order valence-electron chi connectivity index (χ2n) is 9.02. The monoisotopic (exact) mass is 490 g/mol. The number of rotatable bonds is 5. The Morgan fingerprint density at radius 2 is 1.89 bits per heavy atom. The van der Waals surface area contributed by atoms with Crippen LogP contribution in [0.3, 0.4) is 0 Å². The van der Waals surface area contributed by atoms with Gasteiger partial charge in [0.2, 0.25) is 0 Å². The van der Waals surface area contributed by atoms with E-state index in [1.807, 2.05) is 19.1 Å². The molecule has 0 fully saturated rings. The van der Waals surface area contributed by atoms with Crippen LogP contribution in [0.25, 0.3) is 5.69 Å². The molecule has 1 aliphatic carbocycles. The first kappa shape index (κ1) is 23.2. The Bertz CT molecular complexity index is 1450. The summed E-state index contributed by atoms with van der Waals surface area (Å²) in [6.07, 6.45) is 6.60. The average molecular weight is 491 g/mol. The van der Waals surface area contributed by atoms with Crippen molar-refractivity contribution in [1.82, 2.24) is 9.78 Å². The molecule has 2 aromatic carbocycles. The highest BCUT2D eigenvalue weighted by molar-refractivity contribution is 8.04. The number of hydrogen-bond donors (Lipinski definition) is 3. The van der Waals surface area contributed by atoms with E-state index in [1.165, 1.54) is 34.0 Å². The molecule has 1 aromatic heterocycles. The van der Waals surface area contributed by atoms with Crippen LogP contribution in [-0.2, 0) is 17.6 Å². The van der Waals surface area contributed by atoms with E-state index in [4.69, 9.17) is 0 Å². The molecule has 2 heterocycles. The van der Waals surface area contributed by atoms with Gasteiger partial charge in [0, 0.05) is 10.8 Å². The summed E-state index contributed by atoms with van der Waals surface area (Å²) in [5.74, 6) is -1.03. The number of aromatic hydroxyl groups is 1.